The van der Waals surface area contributed by atoms with Gasteiger partial charge in [0.15, 0.2) is 0 Å². The highest BCUT2D eigenvalue weighted by molar-refractivity contribution is 7.85. The van der Waals surface area contributed by atoms with Gasteiger partial charge in [0.1, 0.15) is 5.82 Å². The van der Waals surface area contributed by atoms with Crippen molar-refractivity contribution in [3.05, 3.63) is 23.8 Å². The Labute approximate surface area is 120 Å². The van der Waals surface area contributed by atoms with Gasteiger partial charge in [0.05, 0.1) is 30.9 Å². The first-order valence-electron chi connectivity index (χ1n) is 5.86. The normalized spacial score (nSPS) is 16.0. The first-order chi connectivity index (χ1) is 9.78. The van der Waals surface area contributed by atoms with Crippen molar-refractivity contribution in [1.29, 1.82) is 0 Å². The van der Waals surface area contributed by atoms with Gasteiger partial charge >= 0.3 is 6.03 Å². The summed E-state index contributed by atoms with van der Waals surface area (Å²) in [4.78, 5) is 27.6. The van der Waals surface area contributed by atoms with E-state index in [-0.39, 0.29) is 24.2 Å². The highest BCUT2D eigenvalue weighted by Crippen LogP contribution is 2.25. The summed E-state index contributed by atoms with van der Waals surface area (Å²) in [6.07, 6.45) is 2.98. The number of carbonyl (C=O) groups is 2. The molecule has 2 heterocycles. The van der Waals surface area contributed by atoms with E-state index in [0.29, 0.717) is 0 Å². The minimum atomic E-state index is -3.77. The van der Waals surface area contributed by atoms with Crippen LogP contribution in [0.3, 0.4) is 0 Å². The minimum Gasteiger partial charge on any atom is -0.292 e. The van der Waals surface area contributed by atoms with Crippen LogP contribution in [0.15, 0.2) is 12.4 Å². The lowest BCUT2D eigenvalue weighted by atomic mass is 10.2. The van der Waals surface area contributed by atoms with E-state index in [2.05, 4.69) is 14.5 Å². The van der Waals surface area contributed by atoms with Gasteiger partial charge < -0.3 is 0 Å². The van der Waals surface area contributed by atoms with E-state index in [9.17, 15) is 22.4 Å². The van der Waals surface area contributed by atoms with Crippen molar-refractivity contribution in [2.24, 2.45) is 0 Å². The third kappa shape index (κ3) is 3.73. The zero-order chi connectivity index (χ0) is 15.6. The molecule has 1 aromatic rings. The predicted octanol–water partition coefficient (Wildman–Crippen LogP) is 0.143. The number of aromatic nitrogens is 1. The number of hydrogen-bond donors (Lipinski definition) is 1. The highest BCUT2D eigenvalue weighted by atomic mass is 32.2. The number of rotatable bonds is 4. The van der Waals surface area contributed by atoms with Crippen LogP contribution in [0.5, 0.6) is 0 Å². The monoisotopic (exact) mass is 317 g/mol. The number of halogens is 1. The average Bonchev–Trinajstić information content (AvgIpc) is 2.36. The molecule has 1 saturated heterocycles. The Kier molecular flexibility index (Phi) is 4.19. The number of hydrogen-bond acceptors (Lipinski definition) is 6. The quantitative estimate of drug-likeness (QED) is 0.792. The van der Waals surface area contributed by atoms with Crippen molar-refractivity contribution >= 4 is 27.7 Å². The zero-order valence-corrected chi connectivity index (χ0v) is 11.8. The van der Waals surface area contributed by atoms with Crippen LogP contribution in [0.2, 0.25) is 0 Å². The number of carbonyl (C=O) groups excluding carboxylic acids is 2. The Balaban J connectivity index is 2.33. The molecule has 0 saturated carbocycles. The fraction of sp³-hybridized carbons (Fsp3) is 0.364. The summed E-state index contributed by atoms with van der Waals surface area (Å²) in [5.74, 6) is -1.24. The summed E-state index contributed by atoms with van der Waals surface area (Å²) in [5.41, 5.74) is -0.0661. The molecule has 0 radical (unpaired) electrons. The largest absolute Gasteiger partial charge is 0.328 e. The number of nitrogens with zero attached hydrogens (tertiary/aromatic N) is 2. The molecule has 0 spiro atoms. The van der Waals surface area contributed by atoms with Crippen LogP contribution < -0.4 is 10.2 Å². The molecule has 1 aromatic heterocycles. The molecular formula is C11H12FN3O5S. The third-order valence-electron chi connectivity index (χ3n) is 2.74. The Morgan fingerprint density at radius 1 is 1.43 bits per heavy atom. The lowest BCUT2D eigenvalue weighted by Gasteiger charge is -2.28. The van der Waals surface area contributed by atoms with E-state index >= 15 is 0 Å². The topological polar surface area (TPSA) is 106 Å². The molecule has 1 aliphatic rings. The Morgan fingerprint density at radius 3 is 2.76 bits per heavy atom. The number of imide groups is 1. The van der Waals surface area contributed by atoms with Crippen LogP contribution in [-0.2, 0) is 25.7 Å². The van der Waals surface area contributed by atoms with Crippen LogP contribution in [0.25, 0.3) is 0 Å². The second kappa shape index (κ2) is 5.74. The molecule has 21 heavy (non-hydrogen) atoms. The summed E-state index contributed by atoms with van der Waals surface area (Å²) >= 11 is 0. The van der Waals surface area contributed by atoms with Crippen molar-refractivity contribution in [1.82, 2.24) is 10.3 Å². The number of nitrogens with one attached hydrogen (secondary N) is 1. The van der Waals surface area contributed by atoms with Gasteiger partial charge in [-0.25, -0.2) is 9.18 Å². The smallest absolute Gasteiger partial charge is 0.292 e. The second-order valence-corrected chi connectivity index (χ2v) is 5.98. The molecule has 8 nitrogen and oxygen atoms in total. The first-order valence-corrected chi connectivity index (χ1v) is 7.67. The summed E-state index contributed by atoms with van der Waals surface area (Å²) in [6, 6.07) is -0.723. The summed E-state index contributed by atoms with van der Waals surface area (Å²) < 4.78 is 40.4. The molecule has 10 heteroatoms. The van der Waals surface area contributed by atoms with Crippen LogP contribution in [0, 0.1) is 5.82 Å². The van der Waals surface area contributed by atoms with Crippen molar-refractivity contribution in [3.8, 4) is 0 Å². The summed E-state index contributed by atoms with van der Waals surface area (Å²) in [6.45, 7) is -0.526. The van der Waals surface area contributed by atoms with Gasteiger partial charge in [0.25, 0.3) is 10.1 Å². The van der Waals surface area contributed by atoms with Crippen LogP contribution in [0.1, 0.15) is 12.0 Å². The maximum atomic E-state index is 13.8. The van der Waals surface area contributed by atoms with Crippen molar-refractivity contribution in [2.45, 2.75) is 13.0 Å². The van der Waals surface area contributed by atoms with Crippen molar-refractivity contribution < 1.29 is 26.6 Å². The fourth-order valence-electron chi connectivity index (χ4n) is 1.79. The molecular weight excluding hydrogens is 305 g/mol. The predicted molar refractivity (Wildman–Crippen MR) is 69.3 cm³/mol. The second-order valence-electron chi connectivity index (χ2n) is 4.34. The van der Waals surface area contributed by atoms with E-state index in [1.165, 1.54) is 6.20 Å². The molecule has 3 amide bonds. The van der Waals surface area contributed by atoms with Gasteiger partial charge in [-0.15, -0.1) is 0 Å². The van der Waals surface area contributed by atoms with Crippen molar-refractivity contribution in [2.75, 3.05) is 17.7 Å². The molecule has 0 atom stereocenters. The number of pyridine rings is 1. The lowest BCUT2D eigenvalue weighted by Crippen LogP contribution is -2.50. The van der Waals surface area contributed by atoms with Crippen LogP contribution >= 0.6 is 0 Å². The molecule has 2 rings (SSSR count). The standard InChI is InChI=1S/C11H12FN3O5S/c1-21(18,19)20-6-7-8(12)4-13-5-9(7)15-3-2-10(16)14-11(15)17/h4-5H,2-3,6H2,1H3,(H,14,16,17). The van der Waals surface area contributed by atoms with Gasteiger partial charge in [0, 0.05) is 18.5 Å². The van der Waals surface area contributed by atoms with E-state index in [0.717, 1.165) is 17.4 Å². The molecule has 1 N–H and O–H groups in total. The molecule has 0 unspecified atom stereocenters. The fourth-order valence-corrected chi connectivity index (χ4v) is 2.12. The molecule has 0 aromatic carbocycles. The summed E-state index contributed by atoms with van der Waals surface area (Å²) in [7, 11) is -3.77. The summed E-state index contributed by atoms with van der Waals surface area (Å²) in [5, 5.41) is 2.09. The lowest BCUT2D eigenvalue weighted by molar-refractivity contribution is -0.120. The van der Waals surface area contributed by atoms with Crippen LogP contribution in [-0.4, -0.2) is 38.1 Å². The maximum Gasteiger partial charge on any atom is 0.328 e. The van der Waals surface area contributed by atoms with E-state index in [1.54, 1.807) is 0 Å². The Morgan fingerprint density at radius 2 is 2.14 bits per heavy atom. The Bertz CT molecular complexity index is 691. The van der Waals surface area contributed by atoms with Gasteiger partial charge in [-0.1, -0.05) is 0 Å². The number of urea groups is 1. The third-order valence-corrected chi connectivity index (χ3v) is 3.29. The zero-order valence-electron chi connectivity index (χ0n) is 11.0. The molecule has 1 fully saturated rings. The van der Waals surface area contributed by atoms with Gasteiger partial charge in [-0.3, -0.25) is 24.2 Å². The highest BCUT2D eigenvalue weighted by Gasteiger charge is 2.27. The van der Waals surface area contributed by atoms with Gasteiger partial charge in [-0.2, -0.15) is 8.42 Å². The maximum absolute atomic E-state index is 13.8. The average molecular weight is 317 g/mol. The Hall–Kier alpha value is -2.07. The van der Waals surface area contributed by atoms with E-state index in [1.807, 2.05) is 0 Å². The molecule has 0 bridgehead atoms. The molecule has 0 aliphatic carbocycles. The first kappa shape index (κ1) is 15.3. The van der Waals surface area contributed by atoms with Gasteiger partial charge in [0.2, 0.25) is 5.91 Å². The minimum absolute atomic E-state index is 0.0433. The number of anilines is 1. The van der Waals surface area contributed by atoms with Crippen LogP contribution in [0.4, 0.5) is 14.9 Å². The van der Waals surface area contributed by atoms with E-state index in [4.69, 9.17) is 0 Å². The SMILES string of the molecule is CS(=O)(=O)OCc1c(F)cncc1N1CCC(=O)NC1=O. The van der Waals surface area contributed by atoms with E-state index < -0.39 is 34.5 Å². The number of amides is 3. The van der Waals surface area contributed by atoms with Crippen molar-refractivity contribution in [3.63, 3.8) is 0 Å². The molecule has 1 aliphatic heterocycles. The molecule has 114 valence electrons. The van der Waals surface area contributed by atoms with Gasteiger partial charge in [-0.05, 0) is 0 Å².